The Kier molecular flexibility index (Phi) is 5.66. The molecule has 1 N–H and O–H groups in total. The predicted octanol–water partition coefficient (Wildman–Crippen LogP) is 5.55. The molecule has 0 unspecified atom stereocenters. The van der Waals surface area contributed by atoms with E-state index in [4.69, 9.17) is 0 Å². The first-order chi connectivity index (χ1) is 13.2. The molecule has 0 aliphatic heterocycles. The molecular weight excluding hydrogens is 368 g/mol. The lowest BCUT2D eigenvalue weighted by molar-refractivity contribution is 0.601. The van der Waals surface area contributed by atoms with Crippen molar-refractivity contribution >= 4 is 27.1 Å². The van der Waals surface area contributed by atoms with Crippen molar-refractivity contribution in [1.82, 2.24) is 0 Å². The number of nitrogens with zero attached hydrogens (tertiary/aromatic N) is 1. The Bertz CT molecular complexity index is 1090. The Morgan fingerprint density at radius 1 is 0.786 bits per heavy atom. The zero-order valence-corrected chi connectivity index (χ0v) is 17.3. The third-order valence-corrected chi connectivity index (χ3v) is 5.79. The van der Waals surface area contributed by atoms with Crippen LogP contribution in [0.2, 0.25) is 0 Å². The summed E-state index contributed by atoms with van der Waals surface area (Å²) in [7, 11) is -3.60. The van der Waals surface area contributed by atoms with Crippen LogP contribution < -0.4 is 4.72 Å². The molecule has 3 aromatic rings. The molecule has 0 fully saturated rings. The summed E-state index contributed by atoms with van der Waals surface area (Å²) in [6, 6.07) is 20.2. The Morgan fingerprint density at radius 2 is 1.36 bits per heavy atom. The average molecular weight is 393 g/mol. The zero-order valence-electron chi connectivity index (χ0n) is 16.5. The first kappa shape index (κ1) is 19.8. The standard InChI is InChI=1S/C23H24N2O2S/c1-16-5-11-23(12-6-16)28(26,27)25-21-9-7-20(8-10-21)19(4)24-22-14-17(2)13-18(3)15-22/h5-15,25H,1-4H3. The summed E-state index contributed by atoms with van der Waals surface area (Å²) in [5.74, 6) is 0. The third kappa shape index (κ3) is 4.87. The van der Waals surface area contributed by atoms with Crippen LogP contribution in [0.5, 0.6) is 0 Å². The Balaban J connectivity index is 1.79. The maximum atomic E-state index is 12.5. The second-order valence-electron chi connectivity index (χ2n) is 7.04. The van der Waals surface area contributed by atoms with Gasteiger partial charge >= 0.3 is 0 Å². The Labute approximate surface area is 167 Å². The van der Waals surface area contributed by atoms with Gasteiger partial charge in [0.05, 0.1) is 10.6 Å². The van der Waals surface area contributed by atoms with E-state index in [2.05, 4.69) is 29.6 Å². The molecule has 0 amide bonds. The molecule has 4 nitrogen and oxygen atoms in total. The molecule has 0 bridgehead atoms. The molecule has 0 atom stereocenters. The number of aryl methyl sites for hydroxylation is 3. The molecule has 3 rings (SSSR count). The van der Waals surface area contributed by atoms with Crippen molar-refractivity contribution in [1.29, 1.82) is 0 Å². The molecule has 0 aliphatic rings. The van der Waals surface area contributed by atoms with Gasteiger partial charge < -0.3 is 0 Å². The number of hydrogen-bond donors (Lipinski definition) is 1. The van der Waals surface area contributed by atoms with Crippen molar-refractivity contribution in [3.63, 3.8) is 0 Å². The minimum atomic E-state index is -3.60. The van der Waals surface area contributed by atoms with Crippen LogP contribution >= 0.6 is 0 Å². The number of benzene rings is 3. The first-order valence-corrected chi connectivity index (χ1v) is 10.5. The van der Waals surface area contributed by atoms with Crippen molar-refractivity contribution in [2.45, 2.75) is 32.6 Å². The summed E-state index contributed by atoms with van der Waals surface area (Å²) in [6.45, 7) is 7.97. The van der Waals surface area contributed by atoms with Crippen LogP contribution in [0, 0.1) is 20.8 Å². The van der Waals surface area contributed by atoms with E-state index in [1.165, 1.54) is 11.1 Å². The minimum absolute atomic E-state index is 0.245. The number of rotatable bonds is 5. The number of aliphatic imine (C=N–C) groups is 1. The van der Waals surface area contributed by atoms with Gasteiger partial charge in [-0.05, 0) is 80.8 Å². The molecule has 28 heavy (non-hydrogen) atoms. The van der Waals surface area contributed by atoms with Gasteiger partial charge in [-0.2, -0.15) is 0 Å². The lowest BCUT2D eigenvalue weighted by atomic mass is 10.1. The second-order valence-corrected chi connectivity index (χ2v) is 8.72. The van der Waals surface area contributed by atoms with Crippen LogP contribution in [0.25, 0.3) is 0 Å². The minimum Gasteiger partial charge on any atom is -0.280 e. The van der Waals surface area contributed by atoms with E-state index in [-0.39, 0.29) is 4.90 Å². The molecule has 0 saturated heterocycles. The summed E-state index contributed by atoms with van der Waals surface area (Å²) in [6.07, 6.45) is 0. The van der Waals surface area contributed by atoms with Gasteiger partial charge in [0, 0.05) is 11.4 Å². The van der Waals surface area contributed by atoms with Gasteiger partial charge in [0.1, 0.15) is 0 Å². The quantitative estimate of drug-likeness (QED) is 0.579. The largest absolute Gasteiger partial charge is 0.280 e. The van der Waals surface area contributed by atoms with Crippen LogP contribution in [0.1, 0.15) is 29.2 Å². The predicted molar refractivity (Wildman–Crippen MR) is 116 cm³/mol. The van der Waals surface area contributed by atoms with Crippen LogP contribution in [0.3, 0.4) is 0 Å². The van der Waals surface area contributed by atoms with Crippen molar-refractivity contribution in [2.75, 3.05) is 4.72 Å². The fourth-order valence-electron chi connectivity index (χ4n) is 2.98. The Hall–Kier alpha value is -2.92. The number of hydrogen-bond acceptors (Lipinski definition) is 3. The van der Waals surface area contributed by atoms with E-state index in [0.29, 0.717) is 5.69 Å². The van der Waals surface area contributed by atoms with E-state index < -0.39 is 10.0 Å². The molecular formula is C23H24N2O2S. The van der Waals surface area contributed by atoms with Crippen LogP contribution in [-0.2, 0) is 10.0 Å². The first-order valence-electron chi connectivity index (χ1n) is 9.06. The molecule has 0 radical (unpaired) electrons. The number of anilines is 1. The summed E-state index contributed by atoms with van der Waals surface area (Å²) < 4.78 is 27.6. The number of sulfonamides is 1. The summed E-state index contributed by atoms with van der Waals surface area (Å²) >= 11 is 0. The van der Waals surface area contributed by atoms with Crippen molar-refractivity contribution in [3.8, 4) is 0 Å². The molecule has 0 spiro atoms. The van der Waals surface area contributed by atoms with Gasteiger partial charge in [-0.25, -0.2) is 8.42 Å². The zero-order chi connectivity index (χ0) is 20.3. The highest BCUT2D eigenvalue weighted by atomic mass is 32.2. The van der Waals surface area contributed by atoms with Crippen LogP contribution in [0.4, 0.5) is 11.4 Å². The fourth-order valence-corrected chi connectivity index (χ4v) is 4.04. The van der Waals surface area contributed by atoms with Gasteiger partial charge in [-0.15, -0.1) is 0 Å². The summed E-state index contributed by atoms with van der Waals surface area (Å²) in [5, 5.41) is 0. The maximum Gasteiger partial charge on any atom is 0.261 e. The highest BCUT2D eigenvalue weighted by Crippen LogP contribution is 2.20. The van der Waals surface area contributed by atoms with Crippen molar-refractivity contribution in [2.24, 2.45) is 4.99 Å². The smallest absolute Gasteiger partial charge is 0.261 e. The topological polar surface area (TPSA) is 58.5 Å². The summed E-state index contributed by atoms with van der Waals surface area (Å²) in [5.41, 5.74) is 6.61. The molecule has 144 valence electrons. The normalized spacial score (nSPS) is 12.1. The monoisotopic (exact) mass is 392 g/mol. The van der Waals surface area contributed by atoms with Gasteiger partial charge in [0.15, 0.2) is 0 Å². The van der Waals surface area contributed by atoms with Gasteiger partial charge in [0.2, 0.25) is 0 Å². The van der Waals surface area contributed by atoms with Crippen molar-refractivity contribution in [3.05, 3.63) is 89.0 Å². The van der Waals surface area contributed by atoms with Gasteiger partial charge in [-0.1, -0.05) is 35.9 Å². The molecule has 0 aromatic heterocycles. The Morgan fingerprint density at radius 3 is 1.93 bits per heavy atom. The van der Waals surface area contributed by atoms with Crippen LogP contribution in [0.15, 0.2) is 76.6 Å². The van der Waals surface area contributed by atoms with E-state index in [1.54, 1.807) is 36.4 Å². The maximum absolute atomic E-state index is 12.5. The third-order valence-electron chi connectivity index (χ3n) is 4.39. The van der Waals surface area contributed by atoms with Gasteiger partial charge in [0.25, 0.3) is 10.0 Å². The molecule has 5 heteroatoms. The summed E-state index contributed by atoms with van der Waals surface area (Å²) in [4.78, 5) is 4.93. The number of nitrogens with one attached hydrogen (secondary N) is 1. The average Bonchev–Trinajstić information content (AvgIpc) is 2.61. The highest BCUT2D eigenvalue weighted by molar-refractivity contribution is 7.92. The molecule has 0 aliphatic carbocycles. The van der Waals surface area contributed by atoms with E-state index in [9.17, 15) is 8.42 Å². The molecule has 3 aromatic carbocycles. The molecule has 0 heterocycles. The molecule has 0 saturated carbocycles. The van der Waals surface area contributed by atoms with E-state index in [0.717, 1.165) is 22.5 Å². The highest BCUT2D eigenvalue weighted by Gasteiger charge is 2.13. The van der Waals surface area contributed by atoms with E-state index >= 15 is 0 Å². The SMILES string of the molecule is CC(=Nc1cc(C)cc(C)c1)c1ccc(NS(=O)(=O)c2ccc(C)cc2)cc1. The lowest BCUT2D eigenvalue weighted by Gasteiger charge is -2.09. The fraction of sp³-hybridized carbons (Fsp3) is 0.174. The lowest BCUT2D eigenvalue weighted by Crippen LogP contribution is -2.13. The van der Waals surface area contributed by atoms with Gasteiger partial charge in [-0.3, -0.25) is 9.71 Å². The van der Waals surface area contributed by atoms with Crippen molar-refractivity contribution < 1.29 is 8.42 Å². The second kappa shape index (κ2) is 7.98. The van der Waals surface area contributed by atoms with E-state index in [1.807, 2.05) is 38.1 Å². The van der Waals surface area contributed by atoms with Crippen LogP contribution in [-0.4, -0.2) is 14.1 Å².